The SMILES string of the molecule is CC(C)C(=O)OC12CC3CC4CC(C)(C1)CC432. The molecule has 4 fully saturated rings. The Morgan fingerprint density at radius 1 is 1.24 bits per heavy atom. The van der Waals surface area contributed by atoms with Crippen LogP contribution in [0.5, 0.6) is 0 Å². The summed E-state index contributed by atoms with van der Waals surface area (Å²) in [5.41, 5.74) is 0.883. The van der Waals surface area contributed by atoms with Gasteiger partial charge in [-0.1, -0.05) is 20.8 Å². The summed E-state index contributed by atoms with van der Waals surface area (Å²) in [5.74, 6) is 1.81. The van der Waals surface area contributed by atoms with Crippen molar-refractivity contribution >= 4 is 5.97 Å². The molecular weight excluding hydrogens is 212 g/mol. The number of hydrogen-bond acceptors (Lipinski definition) is 2. The fourth-order valence-corrected chi connectivity index (χ4v) is 6.04. The zero-order valence-electron chi connectivity index (χ0n) is 11.1. The van der Waals surface area contributed by atoms with Crippen molar-refractivity contribution in [1.29, 1.82) is 0 Å². The van der Waals surface area contributed by atoms with Gasteiger partial charge in [0.15, 0.2) is 0 Å². The Morgan fingerprint density at radius 2 is 1.94 bits per heavy atom. The number of esters is 1. The van der Waals surface area contributed by atoms with E-state index in [1.54, 1.807) is 0 Å². The molecule has 0 radical (unpaired) electrons. The Balaban J connectivity index is 1.66. The highest BCUT2D eigenvalue weighted by molar-refractivity contribution is 5.72. The lowest BCUT2D eigenvalue weighted by molar-refractivity contribution is -0.295. The van der Waals surface area contributed by atoms with Gasteiger partial charge in [0.05, 0.1) is 5.92 Å². The molecule has 0 aromatic heterocycles. The minimum atomic E-state index is -0.0328. The highest BCUT2D eigenvalue weighted by Crippen LogP contribution is 2.86. The molecular formula is C15H22O2. The number of carbonyl (C=O) groups is 1. The molecule has 1 spiro atoms. The Hall–Kier alpha value is -0.530. The van der Waals surface area contributed by atoms with Crippen molar-refractivity contribution in [2.24, 2.45) is 28.6 Å². The molecule has 0 aromatic carbocycles. The molecule has 0 heterocycles. The summed E-state index contributed by atoms with van der Waals surface area (Å²) in [6, 6.07) is 0. The molecule has 0 saturated heterocycles. The lowest BCUT2D eigenvalue weighted by Gasteiger charge is -2.71. The van der Waals surface area contributed by atoms with Crippen LogP contribution in [0.1, 0.15) is 52.9 Å². The van der Waals surface area contributed by atoms with Crippen LogP contribution < -0.4 is 0 Å². The van der Waals surface area contributed by atoms with E-state index in [1.807, 2.05) is 13.8 Å². The fourth-order valence-electron chi connectivity index (χ4n) is 6.04. The molecule has 0 aromatic rings. The maximum atomic E-state index is 12.0. The van der Waals surface area contributed by atoms with E-state index in [-0.39, 0.29) is 17.5 Å². The predicted molar refractivity (Wildman–Crippen MR) is 64.3 cm³/mol. The van der Waals surface area contributed by atoms with Gasteiger partial charge in [-0.05, 0) is 49.4 Å². The van der Waals surface area contributed by atoms with Crippen LogP contribution in [0.2, 0.25) is 0 Å². The van der Waals surface area contributed by atoms with Gasteiger partial charge in [-0.3, -0.25) is 4.79 Å². The lowest BCUT2D eigenvalue weighted by atomic mass is 9.36. The summed E-state index contributed by atoms with van der Waals surface area (Å²) in [4.78, 5) is 12.0. The topological polar surface area (TPSA) is 26.3 Å². The summed E-state index contributed by atoms with van der Waals surface area (Å²) in [7, 11) is 0. The van der Waals surface area contributed by atoms with Crippen LogP contribution in [0.25, 0.3) is 0 Å². The zero-order valence-corrected chi connectivity index (χ0v) is 11.1. The van der Waals surface area contributed by atoms with Gasteiger partial charge in [0.2, 0.25) is 0 Å². The Labute approximate surface area is 103 Å². The lowest BCUT2D eigenvalue weighted by Crippen LogP contribution is -2.72. The molecule has 2 nitrogen and oxygen atoms in total. The number of ether oxygens (including phenoxy) is 1. The van der Waals surface area contributed by atoms with Gasteiger partial charge in [0.1, 0.15) is 5.60 Å². The second-order valence-electron chi connectivity index (χ2n) is 7.81. The van der Waals surface area contributed by atoms with Crippen LogP contribution in [-0.4, -0.2) is 11.6 Å². The van der Waals surface area contributed by atoms with E-state index in [4.69, 9.17) is 4.74 Å². The van der Waals surface area contributed by atoms with Gasteiger partial charge in [0, 0.05) is 5.41 Å². The van der Waals surface area contributed by atoms with E-state index < -0.39 is 0 Å². The van der Waals surface area contributed by atoms with E-state index in [0.717, 1.165) is 24.7 Å². The average molecular weight is 234 g/mol. The van der Waals surface area contributed by atoms with E-state index in [2.05, 4.69) is 6.92 Å². The van der Waals surface area contributed by atoms with Crippen molar-refractivity contribution in [3.05, 3.63) is 0 Å². The maximum absolute atomic E-state index is 12.0. The standard InChI is InChI=1S/C15H22O2/c1-9(2)12(16)17-14-6-11-4-10-5-13(3,7-14)8-15(10,11)14/h9-11H,4-8H2,1-3H3. The van der Waals surface area contributed by atoms with Crippen molar-refractivity contribution in [1.82, 2.24) is 0 Å². The highest BCUT2D eigenvalue weighted by Gasteiger charge is 2.85. The Bertz CT molecular complexity index is 415. The quantitative estimate of drug-likeness (QED) is 0.686. The predicted octanol–water partition coefficient (Wildman–Crippen LogP) is 3.15. The first-order valence-electron chi connectivity index (χ1n) is 7.14. The highest BCUT2D eigenvalue weighted by atomic mass is 16.6. The number of rotatable bonds is 2. The van der Waals surface area contributed by atoms with Crippen LogP contribution in [-0.2, 0) is 9.53 Å². The third-order valence-electron chi connectivity index (χ3n) is 6.39. The van der Waals surface area contributed by atoms with E-state index in [1.165, 1.54) is 19.3 Å². The van der Waals surface area contributed by atoms with Gasteiger partial charge >= 0.3 is 5.97 Å². The zero-order chi connectivity index (χ0) is 12.1. The van der Waals surface area contributed by atoms with Gasteiger partial charge in [-0.15, -0.1) is 0 Å². The summed E-state index contributed by atoms with van der Waals surface area (Å²) in [5, 5.41) is 0. The van der Waals surface area contributed by atoms with Crippen molar-refractivity contribution in [3.8, 4) is 0 Å². The van der Waals surface area contributed by atoms with Crippen LogP contribution in [0.15, 0.2) is 0 Å². The van der Waals surface area contributed by atoms with E-state index >= 15 is 0 Å². The van der Waals surface area contributed by atoms with Crippen molar-refractivity contribution in [2.45, 2.75) is 58.5 Å². The minimum Gasteiger partial charge on any atom is -0.458 e. The van der Waals surface area contributed by atoms with Gasteiger partial charge < -0.3 is 4.74 Å². The molecule has 17 heavy (non-hydrogen) atoms. The number of hydrogen-bond donors (Lipinski definition) is 0. The van der Waals surface area contributed by atoms with Crippen LogP contribution in [0.3, 0.4) is 0 Å². The third-order valence-corrected chi connectivity index (χ3v) is 6.39. The molecule has 4 rings (SSSR count). The second-order valence-corrected chi connectivity index (χ2v) is 7.81. The summed E-state index contributed by atoms with van der Waals surface area (Å²) >= 11 is 0. The second kappa shape index (κ2) is 2.57. The Kier molecular flexibility index (Phi) is 1.57. The first-order valence-corrected chi connectivity index (χ1v) is 7.14. The molecule has 4 aliphatic carbocycles. The number of carbonyl (C=O) groups excluding carboxylic acids is 1. The smallest absolute Gasteiger partial charge is 0.308 e. The Morgan fingerprint density at radius 3 is 2.53 bits per heavy atom. The monoisotopic (exact) mass is 234 g/mol. The molecule has 0 aliphatic heterocycles. The van der Waals surface area contributed by atoms with Crippen LogP contribution >= 0.6 is 0 Å². The molecule has 5 atom stereocenters. The van der Waals surface area contributed by atoms with E-state index in [0.29, 0.717) is 10.8 Å². The number of fused-ring (bicyclic) bond motifs is 1. The fraction of sp³-hybridized carbons (Fsp3) is 0.933. The third kappa shape index (κ3) is 0.912. The van der Waals surface area contributed by atoms with Crippen molar-refractivity contribution in [2.75, 3.05) is 0 Å². The molecule has 5 unspecified atom stereocenters. The normalized spacial score (nSPS) is 57.4. The van der Waals surface area contributed by atoms with Crippen LogP contribution in [0.4, 0.5) is 0 Å². The molecule has 0 N–H and O–H groups in total. The first kappa shape index (κ1) is 10.4. The largest absolute Gasteiger partial charge is 0.458 e. The van der Waals surface area contributed by atoms with Crippen LogP contribution in [0, 0.1) is 28.6 Å². The minimum absolute atomic E-state index is 0.0188. The van der Waals surface area contributed by atoms with Crippen molar-refractivity contribution in [3.63, 3.8) is 0 Å². The first-order chi connectivity index (χ1) is 7.91. The summed E-state index contributed by atoms with van der Waals surface area (Å²) in [6.07, 6.45) is 6.45. The van der Waals surface area contributed by atoms with Gasteiger partial charge in [-0.25, -0.2) is 0 Å². The summed E-state index contributed by atoms with van der Waals surface area (Å²) in [6.45, 7) is 6.31. The molecule has 2 bridgehead atoms. The molecule has 0 amide bonds. The molecule has 2 heteroatoms. The molecule has 4 aliphatic rings. The summed E-state index contributed by atoms with van der Waals surface area (Å²) < 4.78 is 6.01. The average Bonchev–Trinajstić information content (AvgIpc) is 2.60. The van der Waals surface area contributed by atoms with Crippen molar-refractivity contribution < 1.29 is 9.53 Å². The maximum Gasteiger partial charge on any atom is 0.308 e. The van der Waals surface area contributed by atoms with Gasteiger partial charge in [-0.2, -0.15) is 0 Å². The molecule has 94 valence electrons. The van der Waals surface area contributed by atoms with Gasteiger partial charge in [0.25, 0.3) is 0 Å². The van der Waals surface area contributed by atoms with E-state index in [9.17, 15) is 4.79 Å². The molecule has 4 saturated carbocycles.